The van der Waals surface area contributed by atoms with Gasteiger partial charge >= 0.3 is 0 Å². The second-order valence-corrected chi connectivity index (χ2v) is 10.9. The molecule has 6 aromatic rings. The standard InChI is InChI=1S/C29H25N7OS/c1-17(37)26-4-5-27(38-26)29-20-12-24(33-22(20)6-7-31-29)28-21-11-23(32-15-25(21)34-35-28)19-10-18(13-30-14-19)16-36-8-2-3-9-36/h4-7,10-15,33H,2-3,8-9,16H2,1H3,(H,34,35). The summed E-state index contributed by atoms with van der Waals surface area (Å²) in [6.07, 6.45) is 9.99. The van der Waals surface area contributed by atoms with Gasteiger partial charge in [0, 0.05) is 47.0 Å². The first kappa shape index (κ1) is 22.9. The van der Waals surface area contributed by atoms with Crippen molar-refractivity contribution in [1.82, 2.24) is 35.0 Å². The molecule has 0 radical (unpaired) electrons. The number of carbonyl (C=O) groups excluding carboxylic acids is 1. The SMILES string of the molecule is CC(=O)c1ccc(-c2nccc3[nH]c(-c4n[nH]c5cnc(-c6cncc(CN7CCCC7)c6)cc45)cc23)s1. The van der Waals surface area contributed by atoms with Crippen LogP contribution in [0.1, 0.15) is 35.0 Å². The van der Waals surface area contributed by atoms with Crippen LogP contribution >= 0.6 is 11.3 Å². The minimum atomic E-state index is 0.0624. The minimum Gasteiger partial charge on any atom is -0.353 e. The van der Waals surface area contributed by atoms with E-state index < -0.39 is 0 Å². The third-order valence-electron chi connectivity index (χ3n) is 7.13. The zero-order chi connectivity index (χ0) is 25.6. The monoisotopic (exact) mass is 519 g/mol. The molecular weight excluding hydrogens is 494 g/mol. The lowest BCUT2D eigenvalue weighted by atomic mass is 10.1. The van der Waals surface area contributed by atoms with Crippen molar-refractivity contribution in [3.63, 3.8) is 0 Å². The molecule has 7 heterocycles. The second-order valence-electron chi connectivity index (χ2n) is 9.78. The third-order valence-corrected chi connectivity index (χ3v) is 8.33. The molecule has 6 aromatic heterocycles. The van der Waals surface area contributed by atoms with Gasteiger partial charge in [-0.25, -0.2) is 0 Å². The highest BCUT2D eigenvalue weighted by Gasteiger charge is 2.17. The van der Waals surface area contributed by atoms with Gasteiger partial charge < -0.3 is 4.98 Å². The zero-order valence-electron chi connectivity index (χ0n) is 20.9. The smallest absolute Gasteiger partial charge is 0.169 e. The zero-order valence-corrected chi connectivity index (χ0v) is 21.7. The summed E-state index contributed by atoms with van der Waals surface area (Å²) in [5.41, 5.74) is 7.46. The van der Waals surface area contributed by atoms with Crippen LogP contribution in [0.5, 0.6) is 0 Å². The van der Waals surface area contributed by atoms with Crippen molar-refractivity contribution in [2.75, 3.05) is 13.1 Å². The second kappa shape index (κ2) is 9.27. The summed E-state index contributed by atoms with van der Waals surface area (Å²) in [5, 5.41) is 9.73. The average Bonchev–Trinajstić information content (AvgIpc) is 3.74. The topological polar surface area (TPSA) is 103 Å². The normalized spacial score (nSPS) is 14.1. The first-order chi connectivity index (χ1) is 18.6. The van der Waals surface area contributed by atoms with E-state index in [1.807, 2.05) is 36.8 Å². The quantitative estimate of drug-likeness (QED) is 0.258. The number of thiophene rings is 1. The summed E-state index contributed by atoms with van der Waals surface area (Å²) in [6.45, 7) is 4.81. The molecule has 2 N–H and O–H groups in total. The highest BCUT2D eigenvalue weighted by atomic mass is 32.1. The molecule has 7 rings (SSSR count). The van der Waals surface area contributed by atoms with E-state index in [9.17, 15) is 4.79 Å². The van der Waals surface area contributed by atoms with Gasteiger partial charge in [-0.3, -0.25) is 29.7 Å². The van der Waals surface area contributed by atoms with Gasteiger partial charge in [0.1, 0.15) is 5.69 Å². The maximum atomic E-state index is 11.8. The fourth-order valence-corrected chi connectivity index (χ4v) is 6.14. The number of hydrogen-bond acceptors (Lipinski definition) is 7. The van der Waals surface area contributed by atoms with Crippen LogP contribution in [0.2, 0.25) is 0 Å². The van der Waals surface area contributed by atoms with Gasteiger partial charge in [0.15, 0.2) is 5.78 Å². The minimum absolute atomic E-state index is 0.0624. The Morgan fingerprint density at radius 3 is 2.68 bits per heavy atom. The lowest BCUT2D eigenvalue weighted by Gasteiger charge is -2.14. The summed E-state index contributed by atoms with van der Waals surface area (Å²) < 4.78 is 0. The molecule has 38 heavy (non-hydrogen) atoms. The van der Waals surface area contributed by atoms with E-state index in [1.165, 1.54) is 29.7 Å². The number of aromatic amines is 2. The number of rotatable bonds is 6. The summed E-state index contributed by atoms with van der Waals surface area (Å²) in [4.78, 5) is 33.3. The number of likely N-dealkylation sites (tertiary alicyclic amines) is 1. The Morgan fingerprint density at radius 2 is 1.84 bits per heavy atom. The van der Waals surface area contributed by atoms with E-state index in [-0.39, 0.29) is 5.78 Å². The van der Waals surface area contributed by atoms with Crippen LogP contribution in [0, 0.1) is 0 Å². The van der Waals surface area contributed by atoms with Gasteiger partial charge in [0.2, 0.25) is 0 Å². The van der Waals surface area contributed by atoms with Crippen molar-refractivity contribution >= 4 is 38.9 Å². The largest absolute Gasteiger partial charge is 0.353 e. The van der Waals surface area contributed by atoms with Crippen LogP contribution in [-0.4, -0.2) is 53.9 Å². The maximum Gasteiger partial charge on any atom is 0.169 e. The molecule has 9 heteroatoms. The number of Topliss-reactive ketones (excluding diaryl/α,β-unsaturated/α-hetero) is 1. The molecule has 0 spiro atoms. The lowest BCUT2D eigenvalue weighted by molar-refractivity contribution is 0.102. The number of aromatic nitrogens is 6. The Hall–Kier alpha value is -4.21. The molecule has 0 bridgehead atoms. The predicted molar refractivity (Wildman–Crippen MR) is 150 cm³/mol. The van der Waals surface area contributed by atoms with Crippen molar-refractivity contribution in [3.05, 3.63) is 71.6 Å². The maximum absolute atomic E-state index is 11.8. The van der Waals surface area contributed by atoms with Crippen molar-refractivity contribution in [3.8, 4) is 33.2 Å². The van der Waals surface area contributed by atoms with Gasteiger partial charge in [-0.2, -0.15) is 5.10 Å². The van der Waals surface area contributed by atoms with Gasteiger partial charge in [-0.1, -0.05) is 0 Å². The van der Waals surface area contributed by atoms with Crippen molar-refractivity contribution < 1.29 is 4.79 Å². The van der Waals surface area contributed by atoms with Gasteiger partial charge in [-0.15, -0.1) is 11.3 Å². The molecule has 188 valence electrons. The Labute approximate surface area is 222 Å². The molecule has 1 aliphatic rings. The Bertz CT molecular complexity index is 1810. The van der Waals surface area contributed by atoms with Crippen LogP contribution < -0.4 is 0 Å². The summed E-state index contributed by atoms with van der Waals surface area (Å²) in [5.74, 6) is 0.0624. The lowest BCUT2D eigenvalue weighted by Crippen LogP contribution is -2.18. The van der Waals surface area contributed by atoms with Crippen molar-refractivity contribution in [1.29, 1.82) is 0 Å². The predicted octanol–water partition coefficient (Wildman–Crippen LogP) is 6.09. The third kappa shape index (κ3) is 4.09. The van der Waals surface area contributed by atoms with Gasteiger partial charge in [-0.05, 0) is 74.8 Å². The van der Waals surface area contributed by atoms with Crippen LogP contribution in [0.4, 0.5) is 0 Å². The first-order valence-electron chi connectivity index (χ1n) is 12.7. The van der Waals surface area contributed by atoms with E-state index in [2.05, 4.69) is 48.2 Å². The Morgan fingerprint density at radius 1 is 0.974 bits per heavy atom. The molecule has 0 saturated carbocycles. The van der Waals surface area contributed by atoms with E-state index in [1.54, 1.807) is 13.1 Å². The number of carbonyl (C=O) groups is 1. The highest BCUT2D eigenvalue weighted by Crippen LogP contribution is 2.36. The Kier molecular flexibility index (Phi) is 5.60. The van der Waals surface area contributed by atoms with Gasteiger partial charge in [0.05, 0.1) is 38.5 Å². The van der Waals surface area contributed by atoms with E-state index in [0.717, 1.165) is 79.5 Å². The first-order valence-corrected chi connectivity index (χ1v) is 13.5. The summed E-state index contributed by atoms with van der Waals surface area (Å²) in [7, 11) is 0. The Balaban J connectivity index is 1.27. The van der Waals surface area contributed by atoms with Crippen LogP contribution in [-0.2, 0) is 6.54 Å². The number of hydrogen-bond donors (Lipinski definition) is 2. The van der Waals surface area contributed by atoms with Crippen molar-refractivity contribution in [2.24, 2.45) is 0 Å². The fraction of sp³-hybridized carbons (Fsp3) is 0.207. The molecule has 8 nitrogen and oxygen atoms in total. The molecule has 0 unspecified atom stereocenters. The molecule has 1 aliphatic heterocycles. The number of pyridine rings is 3. The fourth-order valence-electron chi connectivity index (χ4n) is 5.23. The summed E-state index contributed by atoms with van der Waals surface area (Å²) >= 11 is 1.46. The van der Waals surface area contributed by atoms with E-state index in [4.69, 9.17) is 4.98 Å². The molecule has 1 fully saturated rings. The summed E-state index contributed by atoms with van der Waals surface area (Å²) in [6, 6.07) is 12.1. The van der Waals surface area contributed by atoms with E-state index >= 15 is 0 Å². The number of fused-ring (bicyclic) bond motifs is 2. The number of ketones is 1. The molecule has 0 aromatic carbocycles. The van der Waals surface area contributed by atoms with Crippen LogP contribution in [0.3, 0.4) is 0 Å². The highest BCUT2D eigenvalue weighted by molar-refractivity contribution is 7.17. The number of nitrogens with zero attached hydrogens (tertiary/aromatic N) is 5. The molecule has 0 aliphatic carbocycles. The number of H-pyrrole nitrogens is 2. The van der Waals surface area contributed by atoms with Crippen LogP contribution in [0.25, 0.3) is 55.0 Å². The molecule has 0 atom stereocenters. The number of nitrogens with one attached hydrogen (secondary N) is 2. The van der Waals surface area contributed by atoms with E-state index in [0.29, 0.717) is 0 Å². The van der Waals surface area contributed by atoms with Gasteiger partial charge in [0.25, 0.3) is 0 Å². The molecular formula is C29H25N7OS. The molecule has 0 amide bonds. The van der Waals surface area contributed by atoms with Crippen LogP contribution in [0.15, 0.2) is 61.2 Å². The van der Waals surface area contributed by atoms with Crippen molar-refractivity contribution in [2.45, 2.75) is 26.3 Å². The molecule has 1 saturated heterocycles. The average molecular weight is 520 g/mol.